The summed E-state index contributed by atoms with van der Waals surface area (Å²) in [5, 5.41) is 0. The molecule has 0 saturated carbocycles. The minimum atomic E-state index is 0.884. The van der Waals surface area contributed by atoms with Crippen molar-refractivity contribution in [1.29, 1.82) is 0 Å². The quantitative estimate of drug-likeness (QED) is 0.243. The monoisotopic (exact) mass is 419 g/mol. The van der Waals surface area contributed by atoms with Crippen LogP contribution in [-0.2, 0) is 12.8 Å². The minimum absolute atomic E-state index is 0.884. The van der Waals surface area contributed by atoms with Gasteiger partial charge in [-0.1, -0.05) is 99.0 Å². The Morgan fingerprint density at radius 3 is 2.22 bits per heavy atom. The van der Waals surface area contributed by atoms with Crippen LogP contribution in [0.15, 0.2) is 109 Å². The molecule has 0 aliphatic carbocycles. The maximum atomic E-state index is 5.00. The van der Waals surface area contributed by atoms with E-state index < -0.39 is 0 Å². The Bertz CT molecular complexity index is 1130. The molecule has 3 rings (SSSR count). The molecule has 0 fully saturated rings. The predicted octanol–water partition coefficient (Wildman–Crippen LogP) is 8.79. The molecule has 0 bridgehead atoms. The molecule has 0 aromatic heterocycles. The van der Waals surface area contributed by atoms with E-state index in [1.54, 1.807) is 0 Å². The Kier molecular flexibility index (Phi) is 8.16. The average Bonchev–Trinajstić information content (AvgIpc) is 2.84. The Labute approximate surface area is 193 Å². The van der Waals surface area contributed by atoms with Gasteiger partial charge in [0.05, 0.1) is 5.69 Å². The highest BCUT2D eigenvalue weighted by Crippen LogP contribution is 2.37. The molecule has 0 atom stereocenters. The third kappa shape index (κ3) is 5.62. The van der Waals surface area contributed by atoms with Gasteiger partial charge in [-0.3, -0.25) is 4.99 Å². The molecule has 32 heavy (non-hydrogen) atoms. The highest BCUT2D eigenvalue weighted by molar-refractivity contribution is 6.03. The highest BCUT2D eigenvalue weighted by Gasteiger charge is 2.14. The molecule has 0 spiro atoms. The topological polar surface area (TPSA) is 12.4 Å². The van der Waals surface area contributed by atoms with Gasteiger partial charge >= 0.3 is 0 Å². The molecule has 3 aromatic carbocycles. The van der Waals surface area contributed by atoms with Crippen molar-refractivity contribution < 1.29 is 0 Å². The standard InChI is InChI=1S/C31H33N/c1-6-25-19-21-26(22-20-25)18-17-23(4)31-29(28-13-10-9-11-14-28)15-12-16-30(31)32-24(5)27(7-2)8-3/h7-16,19-22H,2,4,6,17-18H2,1,3,5H3/b27-8+,32-24+. The zero-order valence-corrected chi connectivity index (χ0v) is 19.6. The summed E-state index contributed by atoms with van der Waals surface area (Å²) in [6.07, 6.45) is 6.81. The van der Waals surface area contributed by atoms with E-state index in [0.29, 0.717) is 0 Å². The van der Waals surface area contributed by atoms with Crippen LogP contribution >= 0.6 is 0 Å². The molecule has 0 radical (unpaired) electrons. The smallest absolute Gasteiger partial charge is 0.0714 e. The Morgan fingerprint density at radius 2 is 1.59 bits per heavy atom. The summed E-state index contributed by atoms with van der Waals surface area (Å²) in [5.41, 5.74) is 10.3. The van der Waals surface area contributed by atoms with Crippen LogP contribution in [0, 0.1) is 0 Å². The van der Waals surface area contributed by atoms with E-state index in [-0.39, 0.29) is 0 Å². The fourth-order valence-electron chi connectivity index (χ4n) is 3.94. The van der Waals surface area contributed by atoms with E-state index in [1.807, 2.05) is 32.1 Å². The van der Waals surface area contributed by atoms with E-state index in [9.17, 15) is 0 Å². The number of hydrogen-bond acceptors (Lipinski definition) is 1. The first-order chi connectivity index (χ1) is 15.6. The molecule has 3 aromatic rings. The van der Waals surface area contributed by atoms with Crippen LogP contribution in [0.25, 0.3) is 16.7 Å². The molecule has 0 saturated heterocycles. The largest absolute Gasteiger partial charge is 0.252 e. The van der Waals surface area contributed by atoms with Crippen LogP contribution in [0.3, 0.4) is 0 Å². The number of allylic oxidation sites excluding steroid dienone is 4. The zero-order valence-electron chi connectivity index (χ0n) is 19.6. The second kappa shape index (κ2) is 11.2. The Morgan fingerprint density at radius 1 is 0.906 bits per heavy atom. The number of aliphatic imine (C=N–C) groups is 1. The van der Waals surface area contributed by atoms with Crippen molar-refractivity contribution in [2.45, 2.75) is 40.0 Å². The third-order valence-electron chi connectivity index (χ3n) is 5.86. The fourth-order valence-corrected chi connectivity index (χ4v) is 3.94. The summed E-state index contributed by atoms with van der Waals surface area (Å²) in [6, 6.07) is 25.8. The average molecular weight is 420 g/mol. The van der Waals surface area contributed by atoms with Crippen LogP contribution in [0.1, 0.15) is 43.9 Å². The molecule has 0 aliphatic heterocycles. The SMILES string of the molecule is C=CC(=C\C)/C(C)=N/c1cccc(-c2ccccc2)c1C(=C)CCc1ccc(CC)cc1. The first-order valence-electron chi connectivity index (χ1n) is 11.4. The number of nitrogens with zero attached hydrogens (tertiary/aromatic N) is 1. The van der Waals surface area contributed by atoms with Crippen molar-refractivity contribution in [2.24, 2.45) is 4.99 Å². The van der Waals surface area contributed by atoms with Crippen LogP contribution in [0.2, 0.25) is 0 Å². The number of hydrogen-bond donors (Lipinski definition) is 0. The van der Waals surface area contributed by atoms with Gasteiger partial charge in [0, 0.05) is 11.3 Å². The van der Waals surface area contributed by atoms with E-state index >= 15 is 0 Å². The number of benzene rings is 3. The first kappa shape index (κ1) is 23.2. The summed E-state index contributed by atoms with van der Waals surface area (Å²) in [7, 11) is 0. The van der Waals surface area contributed by atoms with Crippen LogP contribution < -0.4 is 0 Å². The lowest BCUT2D eigenvalue weighted by atomic mass is 9.90. The van der Waals surface area contributed by atoms with Gasteiger partial charge in [-0.15, -0.1) is 0 Å². The maximum absolute atomic E-state index is 5.00. The number of rotatable bonds is 9. The molecule has 0 heterocycles. The molecule has 162 valence electrons. The summed E-state index contributed by atoms with van der Waals surface area (Å²) in [4.78, 5) is 5.00. The molecule has 1 heteroatoms. The lowest BCUT2D eigenvalue weighted by molar-refractivity contribution is 1.01. The van der Waals surface area contributed by atoms with E-state index in [0.717, 1.165) is 47.4 Å². The molecule has 1 nitrogen and oxygen atoms in total. The van der Waals surface area contributed by atoms with Gasteiger partial charge in [0.1, 0.15) is 0 Å². The summed E-state index contributed by atoms with van der Waals surface area (Å²) < 4.78 is 0. The van der Waals surface area contributed by atoms with Crippen LogP contribution in [0.4, 0.5) is 5.69 Å². The van der Waals surface area contributed by atoms with Crippen LogP contribution in [0.5, 0.6) is 0 Å². The van der Waals surface area contributed by atoms with Gasteiger partial charge < -0.3 is 0 Å². The van der Waals surface area contributed by atoms with Gasteiger partial charge in [0.15, 0.2) is 0 Å². The van der Waals surface area contributed by atoms with Gasteiger partial charge in [0.25, 0.3) is 0 Å². The molecular formula is C31H33N. The van der Waals surface area contributed by atoms with Gasteiger partial charge in [-0.25, -0.2) is 0 Å². The van der Waals surface area contributed by atoms with Gasteiger partial charge in [0.2, 0.25) is 0 Å². The molecule has 0 unspecified atom stereocenters. The van der Waals surface area contributed by atoms with Crippen molar-refractivity contribution in [3.05, 3.63) is 120 Å². The number of aryl methyl sites for hydroxylation is 2. The normalized spacial score (nSPS) is 12.0. The second-order valence-corrected chi connectivity index (χ2v) is 7.98. The van der Waals surface area contributed by atoms with E-state index in [2.05, 4.69) is 86.8 Å². The first-order valence-corrected chi connectivity index (χ1v) is 11.4. The van der Waals surface area contributed by atoms with E-state index in [1.165, 1.54) is 22.3 Å². The molecule has 0 N–H and O–H groups in total. The van der Waals surface area contributed by atoms with Crippen molar-refractivity contribution in [3.63, 3.8) is 0 Å². The minimum Gasteiger partial charge on any atom is -0.252 e. The van der Waals surface area contributed by atoms with Crippen molar-refractivity contribution in [3.8, 4) is 11.1 Å². The summed E-state index contributed by atoms with van der Waals surface area (Å²) >= 11 is 0. The summed E-state index contributed by atoms with van der Waals surface area (Å²) in [5.74, 6) is 0. The van der Waals surface area contributed by atoms with Gasteiger partial charge in [-0.05, 0) is 72.6 Å². The zero-order chi connectivity index (χ0) is 22.9. The van der Waals surface area contributed by atoms with E-state index in [4.69, 9.17) is 4.99 Å². The fraction of sp³-hybridized carbons (Fsp3) is 0.194. The second-order valence-electron chi connectivity index (χ2n) is 7.98. The predicted molar refractivity (Wildman–Crippen MR) is 142 cm³/mol. The Balaban J connectivity index is 2.00. The van der Waals surface area contributed by atoms with Crippen molar-refractivity contribution in [1.82, 2.24) is 0 Å². The summed E-state index contributed by atoms with van der Waals surface area (Å²) in [6.45, 7) is 14.7. The third-order valence-corrected chi connectivity index (χ3v) is 5.86. The lowest BCUT2D eigenvalue weighted by Gasteiger charge is -2.16. The van der Waals surface area contributed by atoms with Crippen molar-refractivity contribution in [2.75, 3.05) is 0 Å². The molecule has 0 amide bonds. The maximum Gasteiger partial charge on any atom is 0.0714 e. The van der Waals surface area contributed by atoms with Crippen molar-refractivity contribution >= 4 is 17.0 Å². The van der Waals surface area contributed by atoms with Gasteiger partial charge in [-0.2, -0.15) is 0 Å². The Hall–Kier alpha value is -3.45. The molecule has 0 aliphatic rings. The molecular weight excluding hydrogens is 386 g/mol. The van der Waals surface area contributed by atoms with Crippen LogP contribution in [-0.4, -0.2) is 5.71 Å². The highest BCUT2D eigenvalue weighted by atomic mass is 14.7. The lowest BCUT2D eigenvalue weighted by Crippen LogP contribution is -1.97.